The monoisotopic (exact) mass is 334 g/mol. The second kappa shape index (κ2) is 8.71. The SMILES string of the molecule is O=C(NCC1CCSCC1)C1CN(Cc2ccccc2)CCO1. The van der Waals surface area contributed by atoms with Gasteiger partial charge < -0.3 is 10.1 Å². The van der Waals surface area contributed by atoms with Crippen molar-refractivity contribution in [2.75, 3.05) is 37.7 Å². The molecule has 0 saturated carbocycles. The van der Waals surface area contributed by atoms with Gasteiger partial charge in [0.15, 0.2) is 0 Å². The van der Waals surface area contributed by atoms with Gasteiger partial charge in [0, 0.05) is 26.2 Å². The summed E-state index contributed by atoms with van der Waals surface area (Å²) < 4.78 is 5.69. The van der Waals surface area contributed by atoms with Gasteiger partial charge in [-0.25, -0.2) is 0 Å². The molecule has 0 aliphatic carbocycles. The Hall–Kier alpha value is -1.04. The van der Waals surface area contributed by atoms with E-state index in [2.05, 4.69) is 34.5 Å². The number of carbonyl (C=O) groups is 1. The number of morpholine rings is 1. The summed E-state index contributed by atoms with van der Waals surface area (Å²) in [6.07, 6.45) is 2.11. The van der Waals surface area contributed by atoms with Crippen LogP contribution >= 0.6 is 11.8 Å². The fraction of sp³-hybridized carbons (Fsp3) is 0.611. The molecule has 0 bridgehead atoms. The lowest BCUT2D eigenvalue weighted by atomic mass is 10.0. The first-order valence-electron chi connectivity index (χ1n) is 8.54. The predicted molar refractivity (Wildman–Crippen MR) is 94.5 cm³/mol. The highest BCUT2D eigenvalue weighted by atomic mass is 32.2. The zero-order valence-electron chi connectivity index (χ0n) is 13.6. The summed E-state index contributed by atoms with van der Waals surface area (Å²) in [5, 5.41) is 3.11. The molecule has 1 amide bonds. The molecule has 2 saturated heterocycles. The molecule has 1 N–H and O–H groups in total. The first-order valence-corrected chi connectivity index (χ1v) is 9.70. The zero-order valence-corrected chi connectivity index (χ0v) is 14.4. The number of carbonyl (C=O) groups excluding carboxylic acids is 1. The molecule has 2 fully saturated rings. The first kappa shape index (κ1) is 16.8. The van der Waals surface area contributed by atoms with Crippen molar-refractivity contribution in [3.8, 4) is 0 Å². The molecular formula is C18H26N2O2S. The number of benzene rings is 1. The minimum absolute atomic E-state index is 0.0565. The minimum Gasteiger partial charge on any atom is -0.366 e. The Bertz CT molecular complexity index is 491. The van der Waals surface area contributed by atoms with Crippen molar-refractivity contribution in [1.29, 1.82) is 0 Å². The summed E-state index contributed by atoms with van der Waals surface area (Å²) in [6.45, 7) is 3.89. The Morgan fingerprint density at radius 1 is 1.26 bits per heavy atom. The summed E-state index contributed by atoms with van der Waals surface area (Å²) in [4.78, 5) is 14.7. The summed E-state index contributed by atoms with van der Waals surface area (Å²) in [5.74, 6) is 3.15. The van der Waals surface area contributed by atoms with E-state index in [1.54, 1.807) is 0 Å². The number of nitrogens with one attached hydrogen (secondary N) is 1. The van der Waals surface area contributed by atoms with Crippen LogP contribution in [0.25, 0.3) is 0 Å². The third-order valence-corrected chi connectivity index (χ3v) is 5.65. The summed E-state index contributed by atoms with van der Waals surface area (Å²) in [7, 11) is 0. The molecule has 5 heteroatoms. The van der Waals surface area contributed by atoms with Crippen molar-refractivity contribution >= 4 is 17.7 Å². The highest BCUT2D eigenvalue weighted by Crippen LogP contribution is 2.22. The van der Waals surface area contributed by atoms with E-state index >= 15 is 0 Å². The second-order valence-electron chi connectivity index (χ2n) is 6.38. The molecule has 2 aliphatic rings. The number of hydrogen-bond donors (Lipinski definition) is 1. The van der Waals surface area contributed by atoms with Gasteiger partial charge in [-0.1, -0.05) is 30.3 Å². The van der Waals surface area contributed by atoms with Crippen LogP contribution in [0.4, 0.5) is 0 Å². The summed E-state index contributed by atoms with van der Waals surface area (Å²) >= 11 is 2.02. The van der Waals surface area contributed by atoms with Gasteiger partial charge in [0.05, 0.1) is 6.61 Å². The van der Waals surface area contributed by atoms with Crippen LogP contribution < -0.4 is 5.32 Å². The van der Waals surface area contributed by atoms with E-state index in [1.165, 1.54) is 29.9 Å². The van der Waals surface area contributed by atoms with E-state index in [0.717, 1.165) is 19.6 Å². The summed E-state index contributed by atoms with van der Waals surface area (Å²) in [6, 6.07) is 10.4. The van der Waals surface area contributed by atoms with Crippen molar-refractivity contribution in [1.82, 2.24) is 10.2 Å². The second-order valence-corrected chi connectivity index (χ2v) is 7.61. The van der Waals surface area contributed by atoms with Gasteiger partial charge in [-0.15, -0.1) is 0 Å². The molecule has 1 unspecified atom stereocenters. The molecular weight excluding hydrogens is 308 g/mol. The van der Waals surface area contributed by atoms with E-state index in [1.807, 2.05) is 17.8 Å². The van der Waals surface area contributed by atoms with Gasteiger partial charge in [0.25, 0.3) is 0 Å². The predicted octanol–water partition coefficient (Wildman–Crippen LogP) is 2.15. The third-order valence-electron chi connectivity index (χ3n) is 4.60. The zero-order chi connectivity index (χ0) is 15.9. The minimum atomic E-state index is -0.328. The van der Waals surface area contributed by atoms with E-state index in [0.29, 0.717) is 19.1 Å². The van der Waals surface area contributed by atoms with Crippen molar-refractivity contribution < 1.29 is 9.53 Å². The molecule has 0 spiro atoms. The molecule has 4 nitrogen and oxygen atoms in total. The maximum atomic E-state index is 12.4. The molecule has 0 radical (unpaired) electrons. The molecule has 0 aromatic heterocycles. The normalized spacial score (nSPS) is 23.6. The standard InChI is InChI=1S/C18H26N2O2S/c21-18(19-12-15-6-10-23-11-7-15)17-14-20(8-9-22-17)13-16-4-2-1-3-5-16/h1-5,15,17H,6-14H2,(H,19,21). The maximum Gasteiger partial charge on any atom is 0.250 e. The molecule has 1 aromatic carbocycles. The maximum absolute atomic E-state index is 12.4. The smallest absolute Gasteiger partial charge is 0.250 e. The number of amides is 1. The highest BCUT2D eigenvalue weighted by molar-refractivity contribution is 7.99. The Morgan fingerprint density at radius 3 is 2.83 bits per heavy atom. The van der Waals surface area contributed by atoms with Crippen LogP contribution in [-0.4, -0.2) is 54.7 Å². The van der Waals surface area contributed by atoms with Crippen molar-refractivity contribution in [3.05, 3.63) is 35.9 Å². The van der Waals surface area contributed by atoms with Crippen molar-refractivity contribution in [3.63, 3.8) is 0 Å². The lowest BCUT2D eigenvalue weighted by Gasteiger charge is -2.32. The Balaban J connectivity index is 1.44. The number of nitrogens with zero attached hydrogens (tertiary/aromatic N) is 1. The van der Waals surface area contributed by atoms with Gasteiger partial charge >= 0.3 is 0 Å². The number of hydrogen-bond acceptors (Lipinski definition) is 4. The van der Waals surface area contributed by atoms with Crippen LogP contribution in [0.15, 0.2) is 30.3 Å². The fourth-order valence-electron chi connectivity index (χ4n) is 3.16. The molecule has 2 heterocycles. The lowest BCUT2D eigenvalue weighted by molar-refractivity contribution is -0.139. The molecule has 1 aromatic rings. The molecule has 1 atom stereocenters. The first-order chi connectivity index (χ1) is 11.3. The van der Waals surface area contributed by atoms with Gasteiger partial charge in [-0.3, -0.25) is 9.69 Å². The van der Waals surface area contributed by atoms with Crippen LogP contribution in [0.1, 0.15) is 18.4 Å². The number of ether oxygens (including phenoxy) is 1. The third kappa shape index (κ3) is 5.23. The average molecular weight is 334 g/mol. The molecule has 2 aliphatic heterocycles. The number of thioether (sulfide) groups is 1. The van der Waals surface area contributed by atoms with Gasteiger partial charge in [-0.2, -0.15) is 11.8 Å². The Labute approximate surface area is 143 Å². The van der Waals surface area contributed by atoms with Gasteiger partial charge in [0.1, 0.15) is 6.10 Å². The van der Waals surface area contributed by atoms with E-state index in [4.69, 9.17) is 4.74 Å². The number of rotatable bonds is 5. The van der Waals surface area contributed by atoms with E-state index < -0.39 is 0 Å². The lowest BCUT2D eigenvalue weighted by Crippen LogP contribution is -2.50. The topological polar surface area (TPSA) is 41.6 Å². The van der Waals surface area contributed by atoms with E-state index in [-0.39, 0.29) is 12.0 Å². The van der Waals surface area contributed by atoms with Crippen LogP contribution in [0.2, 0.25) is 0 Å². The van der Waals surface area contributed by atoms with Crippen molar-refractivity contribution in [2.45, 2.75) is 25.5 Å². The average Bonchev–Trinajstić information content (AvgIpc) is 2.62. The van der Waals surface area contributed by atoms with Crippen molar-refractivity contribution in [2.24, 2.45) is 5.92 Å². The Morgan fingerprint density at radius 2 is 2.04 bits per heavy atom. The molecule has 3 rings (SSSR count). The van der Waals surface area contributed by atoms with E-state index in [9.17, 15) is 4.79 Å². The largest absolute Gasteiger partial charge is 0.366 e. The van der Waals surface area contributed by atoms with Gasteiger partial charge in [0.2, 0.25) is 5.91 Å². The van der Waals surface area contributed by atoms with Crippen LogP contribution in [0.5, 0.6) is 0 Å². The van der Waals surface area contributed by atoms with Gasteiger partial charge in [-0.05, 0) is 35.8 Å². The fourth-order valence-corrected chi connectivity index (χ4v) is 4.36. The van der Waals surface area contributed by atoms with Crippen LogP contribution in [-0.2, 0) is 16.1 Å². The van der Waals surface area contributed by atoms with Crippen LogP contribution in [0, 0.1) is 5.92 Å². The summed E-state index contributed by atoms with van der Waals surface area (Å²) in [5.41, 5.74) is 1.29. The molecule has 126 valence electrons. The quantitative estimate of drug-likeness (QED) is 0.896. The highest BCUT2D eigenvalue weighted by Gasteiger charge is 2.27. The molecule has 23 heavy (non-hydrogen) atoms. The van der Waals surface area contributed by atoms with Crippen LogP contribution in [0.3, 0.4) is 0 Å². The Kier molecular flexibility index (Phi) is 6.37.